The maximum absolute atomic E-state index is 13.6. The largest absolute Gasteiger partial charge is 0.462 e. The standard InChI is InChI=1S/C33H44O7/c1-17(15-34)21-13-26(37)40-29(28(21)38)19(3)27-24(39-20(4)35)14-31(6)25-8-7-22-18(2)23(36)9-10-32(22)16-33(25,32)12-11-30(27,31)5/h9-10,13,17-19,22,24-25,27,29,34H,7-8,11-12,14-16H2,1-6H3/t17-,18-,19-,22-,24-,25-,27-,29+,30+,31-,32+,33-/m0/s1. The van der Waals surface area contributed by atoms with Crippen LogP contribution in [0.5, 0.6) is 0 Å². The zero-order chi connectivity index (χ0) is 29.0. The van der Waals surface area contributed by atoms with Crippen LogP contribution in [0.4, 0.5) is 0 Å². The molecule has 40 heavy (non-hydrogen) atoms. The molecule has 12 atom stereocenters. The summed E-state index contributed by atoms with van der Waals surface area (Å²) in [4.78, 5) is 51.3. The Hall–Kier alpha value is -2.28. The number of rotatable bonds is 5. The van der Waals surface area contributed by atoms with E-state index in [1.54, 1.807) is 6.92 Å². The van der Waals surface area contributed by atoms with Crippen molar-refractivity contribution in [3.05, 3.63) is 23.8 Å². The Morgan fingerprint density at radius 2 is 1.88 bits per heavy atom. The topological polar surface area (TPSA) is 107 Å². The van der Waals surface area contributed by atoms with Crippen LogP contribution in [0.1, 0.15) is 80.1 Å². The second-order valence-electron chi connectivity index (χ2n) is 14.6. The predicted molar refractivity (Wildman–Crippen MR) is 147 cm³/mol. The molecular weight excluding hydrogens is 508 g/mol. The number of Topliss-reactive ketones (excluding diaryl/α,β-unsaturated/α-hetero) is 1. The molecule has 218 valence electrons. The van der Waals surface area contributed by atoms with E-state index in [0.717, 1.165) is 32.1 Å². The zero-order valence-electron chi connectivity index (χ0n) is 24.7. The van der Waals surface area contributed by atoms with E-state index in [1.807, 2.05) is 13.0 Å². The first-order valence-electron chi connectivity index (χ1n) is 15.2. The summed E-state index contributed by atoms with van der Waals surface area (Å²) in [6.45, 7) is 11.7. The van der Waals surface area contributed by atoms with Crippen LogP contribution >= 0.6 is 0 Å². The number of carbonyl (C=O) groups is 4. The molecule has 0 aromatic rings. The Morgan fingerprint density at radius 3 is 2.55 bits per heavy atom. The lowest BCUT2D eigenvalue weighted by atomic mass is 9.43. The number of hydrogen-bond acceptors (Lipinski definition) is 7. The molecule has 1 aliphatic heterocycles. The quantitative estimate of drug-likeness (QED) is 0.497. The zero-order valence-corrected chi connectivity index (χ0v) is 24.7. The van der Waals surface area contributed by atoms with E-state index in [4.69, 9.17) is 9.47 Å². The minimum Gasteiger partial charge on any atom is -0.462 e. The van der Waals surface area contributed by atoms with Gasteiger partial charge in [0.25, 0.3) is 0 Å². The van der Waals surface area contributed by atoms with Gasteiger partial charge in [-0.3, -0.25) is 14.4 Å². The summed E-state index contributed by atoms with van der Waals surface area (Å²) in [6, 6.07) is 0. The van der Waals surface area contributed by atoms with Crippen LogP contribution in [0.15, 0.2) is 23.8 Å². The van der Waals surface area contributed by atoms with Crippen LogP contribution in [0, 0.1) is 57.2 Å². The molecule has 0 amide bonds. The van der Waals surface area contributed by atoms with Crippen molar-refractivity contribution in [2.45, 2.75) is 92.3 Å². The Kier molecular flexibility index (Phi) is 6.17. The Balaban J connectivity index is 1.38. The summed E-state index contributed by atoms with van der Waals surface area (Å²) in [5.41, 5.74) is 0.169. The average Bonchev–Trinajstić information content (AvgIpc) is 3.51. The van der Waals surface area contributed by atoms with Gasteiger partial charge in [0.2, 0.25) is 0 Å². The molecule has 0 unspecified atom stereocenters. The van der Waals surface area contributed by atoms with Crippen molar-refractivity contribution in [2.24, 2.45) is 57.2 Å². The Labute approximate surface area is 237 Å². The van der Waals surface area contributed by atoms with Crippen molar-refractivity contribution in [1.29, 1.82) is 0 Å². The lowest BCUT2D eigenvalue weighted by molar-refractivity contribution is -0.166. The molecule has 0 aromatic carbocycles. The van der Waals surface area contributed by atoms with Gasteiger partial charge in [-0.05, 0) is 78.1 Å². The second-order valence-corrected chi connectivity index (χ2v) is 14.6. The number of hydrogen-bond donors (Lipinski definition) is 1. The first-order chi connectivity index (χ1) is 18.8. The molecule has 5 aliphatic carbocycles. The normalized spacial score (nSPS) is 48.6. The number of aliphatic hydroxyl groups excluding tert-OH is 1. The van der Waals surface area contributed by atoms with Gasteiger partial charge in [0, 0.05) is 48.9 Å². The van der Waals surface area contributed by atoms with E-state index in [9.17, 15) is 24.3 Å². The smallest absolute Gasteiger partial charge is 0.331 e. The van der Waals surface area contributed by atoms with E-state index in [-0.39, 0.29) is 69.7 Å². The monoisotopic (exact) mass is 552 g/mol. The molecule has 7 heteroatoms. The summed E-state index contributed by atoms with van der Waals surface area (Å²) in [5.74, 6) is -1.02. The number of carbonyl (C=O) groups excluding carboxylic acids is 4. The summed E-state index contributed by atoms with van der Waals surface area (Å²) >= 11 is 0. The van der Waals surface area contributed by atoms with E-state index in [1.165, 1.54) is 13.0 Å². The summed E-state index contributed by atoms with van der Waals surface area (Å²) in [7, 11) is 0. The molecule has 4 fully saturated rings. The SMILES string of the molecule is CC(=O)O[C@H]1C[C@@]2(C)[C@@H]3CC[C@H]4[C@H](C)C(=O)C=C[C@@]45C[C@@]35CC[C@]2(C)[C@H]1[C@H](C)[C@H]1OC(=O)C=C([C@@H](C)CO)C1=O. The van der Waals surface area contributed by atoms with Crippen molar-refractivity contribution in [2.75, 3.05) is 6.61 Å². The van der Waals surface area contributed by atoms with Gasteiger partial charge in [-0.1, -0.05) is 40.7 Å². The van der Waals surface area contributed by atoms with Crippen LogP contribution in [0.2, 0.25) is 0 Å². The molecule has 0 saturated heterocycles. The maximum atomic E-state index is 13.6. The van der Waals surface area contributed by atoms with E-state index < -0.39 is 18.0 Å². The molecule has 4 saturated carbocycles. The van der Waals surface area contributed by atoms with Gasteiger partial charge in [-0.2, -0.15) is 0 Å². The van der Waals surface area contributed by atoms with Crippen LogP contribution in [0.25, 0.3) is 0 Å². The van der Waals surface area contributed by atoms with E-state index >= 15 is 0 Å². The maximum Gasteiger partial charge on any atom is 0.331 e. The van der Waals surface area contributed by atoms with Crippen molar-refractivity contribution in [1.82, 2.24) is 0 Å². The fourth-order valence-electron chi connectivity index (χ4n) is 11.2. The van der Waals surface area contributed by atoms with Gasteiger partial charge in [0.05, 0.1) is 0 Å². The molecular formula is C33H44O7. The van der Waals surface area contributed by atoms with Gasteiger partial charge < -0.3 is 14.6 Å². The fourth-order valence-corrected chi connectivity index (χ4v) is 11.2. The molecule has 0 radical (unpaired) electrons. The molecule has 0 aromatic heterocycles. The molecule has 7 nitrogen and oxygen atoms in total. The third-order valence-electron chi connectivity index (χ3n) is 13.3. The van der Waals surface area contributed by atoms with E-state index in [0.29, 0.717) is 23.8 Å². The van der Waals surface area contributed by atoms with Gasteiger partial charge >= 0.3 is 11.9 Å². The molecule has 6 rings (SSSR count). The number of cyclic esters (lactones) is 1. The molecule has 6 aliphatic rings. The van der Waals surface area contributed by atoms with E-state index in [2.05, 4.69) is 26.8 Å². The first kappa shape index (κ1) is 27.9. The Morgan fingerprint density at radius 1 is 1.15 bits per heavy atom. The number of ketones is 2. The van der Waals surface area contributed by atoms with Gasteiger partial charge in [0.1, 0.15) is 6.10 Å². The first-order valence-corrected chi connectivity index (χ1v) is 15.2. The number of allylic oxidation sites excluding steroid dienone is 2. The summed E-state index contributed by atoms with van der Waals surface area (Å²) in [5, 5.41) is 9.72. The molecule has 1 heterocycles. The van der Waals surface area contributed by atoms with Crippen LogP contribution in [-0.2, 0) is 28.7 Å². The number of fused-ring (bicyclic) bond motifs is 2. The lowest BCUT2D eigenvalue weighted by Crippen LogP contribution is -2.56. The Bertz CT molecular complexity index is 1230. The van der Waals surface area contributed by atoms with Crippen molar-refractivity contribution in [3.63, 3.8) is 0 Å². The fraction of sp³-hybridized carbons (Fsp3) is 0.758. The van der Waals surface area contributed by atoms with Crippen molar-refractivity contribution >= 4 is 23.5 Å². The minimum absolute atomic E-state index is 0.0622. The highest BCUT2D eigenvalue weighted by atomic mass is 16.6. The van der Waals surface area contributed by atoms with Crippen molar-refractivity contribution in [3.8, 4) is 0 Å². The average molecular weight is 553 g/mol. The van der Waals surface area contributed by atoms with Gasteiger partial charge in [-0.25, -0.2) is 4.79 Å². The molecule has 1 N–H and O–H groups in total. The number of esters is 2. The van der Waals surface area contributed by atoms with Crippen LogP contribution in [-0.4, -0.2) is 47.4 Å². The third-order valence-corrected chi connectivity index (χ3v) is 13.3. The van der Waals surface area contributed by atoms with Gasteiger partial charge in [-0.15, -0.1) is 0 Å². The second kappa shape index (κ2) is 8.86. The van der Waals surface area contributed by atoms with Gasteiger partial charge in [0.15, 0.2) is 17.7 Å². The summed E-state index contributed by atoms with van der Waals surface area (Å²) in [6.07, 6.45) is 9.86. The third kappa shape index (κ3) is 3.39. The highest BCUT2D eigenvalue weighted by molar-refractivity contribution is 6.07. The molecule has 0 bridgehead atoms. The van der Waals surface area contributed by atoms with Crippen LogP contribution in [0.3, 0.4) is 0 Å². The number of aliphatic hydroxyl groups is 1. The lowest BCUT2D eigenvalue weighted by Gasteiger charge is -2.61. The number of ether oxygens (including phenoxy) is 2. The molecule has 2 spiro atoms. The van der Waals surface area contributed by atoms with Crippen LogP contribution < -0.4 is 0 Å². The van der Waals surface area contributed by atoms with Crippen molar-refractivity contribution < 1.29 is 33.8 Å². The highest BCUT2D eigenvalue weighted by Gasteiger charge is 2.81. The predicted octanol–water partition coefficient (Wildman–Crippen LogP) is 4.61. The minimum atomic E-state index is -0.976. The highest BCUT2D eigenvalue weighted by Crippen LogP contribution is 2.87. The summed E-state index contributed by atoms with van der Waals surface area (Å²) < 4.78 is 11.8.